The van der Waals surface area contributed by atoms with E-state index in [1.165, 1.54) is 0 Å². The number of carbonyl (C=O) groups excluding carboxylic acids is 2. The summed E-state index contributed by atoms with van der Waals surface area (Å²) in [6.07, 6.45) is -1.06. The molecule has 15 heavy (non-hydrogen) atoms. The summed E-state index contributed by atoms with van der Waals surface area (Å²) in [6.45, 7) is 1.76. The molecule has 0 aromatic carbocycles. The molecule has 2 rings (SSSR count). The molecule has 0 saturated carbocycles. The van der Waals surface area contributed by atoms with Crippen LogP contribution < -0.4 is 0 Å². The third-order valence-electron chi connectivity index (χ3n) is 2.68. The Morgan fingerprint density at radius 1 is 1.40 bits per heavy atom. The SMILES string of the molecule is [13CH3][C@@H]1[13CH2][C@@H]2O[13C@@H]2[C@H](O)[13CH2]C(=O)[13CH2]C(=O)O1. The quantitative estimate of drug-likeness (QED) is 0.264. The van der Waals surface area contributed by atoms with E-state index >= 15 is 0 Å². The van der Waals surface area contributed by atoms with Gasteiger partial charge < -0.3 is 14.6 Å². The third-order valence-corrected chi connectivity index (χ3v) is 2.68. The number of esters is 1. The van der Waals surface area contributed by atoms with E-state index in [1.54, 1.807) is 6.92 Å². The lowest BCUT2D eigenvalue weighted by Crippen LogP contribution is -2.27. The largest absolute Gasteiger partial charge is 0.462 e. The normalized spacial score (nSPS) is 41.7. The summed E-state index contributed by atoms with van der Waals surface area (Å²) < 4.78 is 10.2. The summed E-state index contributed by atoms with van der Waals surface area (Å²) in [7, 11) is 0. The Balaban J connectivity index is 2.02. The lowest BCUT2D eigenvalue weighted by Gasteiger charge is -2.14. The molecule has 1 N–H and O–H groups in total. The van der Waals surface area contributed by atoms with Gasteiger partial charge in [0.2, 0.25) is 0 Å². The van der Waals surface area contributed by atoms with Crippen LogP contribution in [0.5, 0.6) is 0 Å². The fourth-order valence-electron chi connectivity index (χ4n) is 1.91. The summed E-state index contributed by atoms with van der Waals surface area (Å²) in [4.78, 5) is 22.5. The Kier molecular flexibility index (Phi) is 2.75. The zero-order chi connectivity index (χ0) is 11.0. The smallest absolute Gasteiger partial charge is 0.313 e. The van der Waals surface area contributed by atoms with E-state index in [0.29, 0.717) is 6.42 Å². The van der Waals surface area contributed by atoms with Crippen LogP contribution in [-0.4, -0.2) is 41.3 Å². The molecule has 0 radical (unpaired) electrons. The number of Topliss-reactive ketones (excluding diaryl/α,β-unsaturated/α-hetero) is 1. The van der Waals surface area contributed by atoms with E-state index in [2.05, 4.69) is 0 Å². The molecule has 2 aliphatic heterocycles. The fourth-order valence-corrected chi connectivity index (χ4v) is 1.91. The van der Waals surface area contributed by atoms with Crippen molar-refractivity contribution in [3.05, 3.63) is 0 Å². The maximum absolute atomic E-state index is 11.3. The van der Waals surface area contributed by atoms with E-state index in [0.717, 1.165) is 0 Å². The summed E-state index contributed by atoms with van der Waals surface area (Å²) >= 11 is 0. The maximum atomic E-state index is 11.3. The second kappa shape index (κ2) is 3.90. The van der Waals surface area contributed by atoms with Gasteiger partial charge >= 0.3 is 5.97 Å². The molecule has 5 heteroatoms. The molecule has 0 aromatic heterocycles. The number of ether oxygens (including phenoxy) is 2. The van der Waals surface area contributed by atoms with Crippen molar-refractivity contribution in [2.45, 2.75) is 50.6 Å². The van der Waals surface area contributed by atoms with Crippen LogP contribution in [0, 0.1) is 0 Å². The van der Waals surface area contributed by atoms with Crippen molar-refractivity contribution in [1.29, 1.82) is 0 Å². The highest BCUT2D eigenvalue weighted by molar-refractivity contribution is 5.95. The highest BCUT2D eigenvalue weighted by Crippen LogP contribution is 2.32. The average Bonchev–Trinajstić information content (AvgIpc) is 2.80. The lowest BCUT2D eigenvalue weighted by molar-refractivity contribution is -0.150. The minimum absolute atomic E-state index is 0.0232. The Bertz CT molecular complexity index is 288. The maximum Gasteiger partial charge on any atom is 0.313 e. The topological polar surface area (TPSA) is 76.1 Å². The molecule has 0 unspecified atom stereocenters. The second-order valence-electron chi connectivity index (χ2n) is 4.16. The molecule has 2 fully saturated rings. The number of carbonyl (C=O) groups is 2. The summed E-state index contributed by atoms with van der Waals surface area (Å²) in [5.41, 5.74) is 0. The van der Waals surface area contributed by atoms with Crippen molar-refractivity contribution in [3.63, 3.8) is 0 Å². The van der Waals surface area contributed by atoms with Gasteiger partial charge in [-0.05, 0) is 6.92 Å². The van der Waals surface area contributed by atoms with Gasteiger partial charge in [-0.2, -0.15) is 0 Å². The van der Waals surface area contributed by atoms with Crippen LogP contribution in [0.15, 0.2) is 0 Å². The molecule has 2 aliphatic rings. The van der Waals surface area contributed by atoms with Crippen molar-refractivity contribution in [1.82, 2.24) is 0 Å². The van der Waals surface area contributed by atoms with Crippen LogP contribution in [0.1, 0.15) is 26.2 Å². The molecular weight excluding hydrogens is 205 g/mol. The molecule has 2 saturated heterocycles. The van der Waals surface area contributed by atoms with Crippen LogP contribution in [0.25, 0.3) is 0 Å². The minimum atomic E-state index is -0.777. The number of ketones is 1. The van der Waals surface area contributed by atoms with Gasteiger partial charge in [-0.15, -0.1) is 0 Å². The number of aliphatic hydroxyl groups is 1. The first-order valence-electron chi connectivity index (χ1n) is 5.11. The van der Waals surface area contributed by atoms with Crippen LogP contribution in [0.2, 0.25) is 0 Å². The molecule has 0 amide bonds. The number of epoxide rings is 1. The van der Waals surface area contributed by atoms with Crippen LogP contribution >= 0.6 is 0 Å². The van der Waals surface area contributed by atoms with Crippen molar-refractivity contribution >= 4 is 11.8 Å². The summed E-state index contributed by atoms with van der Waals surface area (Å²) in [5.74, 6) is -0.811. The van der Waals surface area contributed by atoms with Gasteiger partial charge in [0.1, 0.15) is 24.4 Å². The first kappa shape index (κ1) is 10.6. The minimum Gasteiger partial charge on any atom is -0.462 e. The van der Waals surface area contributed by atoms with E-state index in [4.69, 9.17) is 9.47 Å². The monoisotopic (exact) mass is 219 g/mol. The van der Waals surface area contributed by atoms with E-state index in [-0.39, 0.29) is 36.9 Å². The van der Waals surface area contributed by atoms with Crippen molar-refractivity contribution < 1.29 is 24.2 Å². The van der Waals surface area contributed by atoms with E-state index < -0.39 is 12.1 Å². The Morgan fingerprint density at radius 2 is 2.13 bits per heavy atom. The Labute approximate surface area is 87.4 Å². The molecule has 84 valence electrons. The highest BCUT2D eigenvalue weighted by Gasteiger charge is 2.46. The van der Waals surface area contributed by atoms with E-state index in [9.17, 15) is 14.7 Å². The standard InChI is InChI=1S/C10H14O5/c1-5-2-8-10(15-8)7(12)3-6(11)4-9(13)14-5/h5,7-8,10,12H,2-4H2,1H3/t5-,7-,8+,10-/m1/s1/i1+1,2+1,3+1,4+1,10+1. The molecule has 0 spiro atoms. The van der Waals surface area contributed by atoms with Crippen molar-refractivity contribution in [2.75, 3.05) is 0 Å². The first-order valence-corrected chi connectivity index (χ1v) is 5.11. The molecular formula is C10H14O5. The molecule has 0 bridgehead atoms. The van der Waals surface area contributed by atoms with Gasteiger partial charge in [-0.3, -0.25) is 9.59 Å². The van der Waals surface area contributed by atoms with Gasteiger partial charge in [0.25, 0.3) is 0 Å². The number of rotatable bonds is 0. The van der Waals surface area contributed by atoms with Gasteiger partial charge in [0, 0.05) is 12.8 Å². The second-order valence-corrected chi connectivity index (χ2v) is 4.16. The van der Waals surface area contributed by atoms with Gasteiger partial charge in [0.05, 0.1) is 12.2 Å². The molecule has 0 aromatic rings. The van der Waals surface area contributed by atoms with Crippen LogP contribution in [0.3, 0.4) is 0 Å². The molecule has 4 atom stereocenters. The predicted octanol–water partition coefficient (Wildman–Crippen LogP) is -0.201. The summed E-state index contributed by atoms with van der Waals surface area (Å²) in [5, 5.41) is 9.59. The number of fused-ring (bicyclic) bond motifs is 1. The summed E-state index contributed by atoms with van der Waals surface area (Å²) in [6, 6.07) is 0. The number of aliphatic hydroxyl groups excluding tert-OH is 1. The first-order chi connectivity index (χ1) is 7.06. The lowest BCUT2D eigenvalue weighted by atomic mass is 10.4. The Hall–Kier alpha value is -0.940. The van der Waals surface area contributed by atoms with Crippen LogP contribution in [-0.2, 0) is 19.1 Å². The van der Waals surface area contributed by atoms with E-state index in [1.807, 2.05) is 0 Å². The fraction of sp³-hybridized carbons (Fsp3) is 0.800. The molecule has 0 aliphatic carbocycles. The zero-order valence-corrected chi connectivity index (χ0v) is 8.51. The highest BCUT2D eigenvalue weighted by atomic mass is 16.7. The van der Waals surface area contributed by atoms with Crippen LogP contribution in [0.4, 0.5) is 0 Å². The van der Waals surface area contributed by atoms with Gasteiger partial charge in [0.15, 0.2) is 0 Å². The average molecular weight is 219 g/mol. The van der Waals surface area contributed by atoms with Gasteiger partial charge in [-0.1, -0.05) is 0 Å². The van der Waals surface area contributed by atoms with Crippen molar-refractivity contribution in [2.24, 2.45) is 0 Å². The predicted molar refractivity (Wildman–Crippen MR) is 49.1 cm³/mol. The molecule has 2 heterocycles. The van der Waals surface area contributed by atoms with Crippen molar-refractivity contribution in [3.8, 4) is 0 Å². The molecule has 5 nitrogen and oxygen atoms in total. The number of hydrogen-bond donors (Lipinski definition) is 1. The number of cyclic esters (lactones) is 1. The third kappa shape index (κ3) is 2.54. The zero-order valence-electron chi connectivity index (χ0n) is 8.51. The number of hydrogen-bond acceptors (Lipinski definition) is 5. The Morgan fingerprint density at radius 3 is 2.87 bits per heavy atom. The van der Waals surface area contributed by atoms with Gasteiger partial charge in [-0.25, -0.2) is 0 Å².